The second-order valence-electron chi connectivity index (χ2n) is 4.07. The van der Waals surface area contributed by atoms with Crippen LogP contribution in [0.4, 0.5) is 0 Å². The van der Waals surface area contributed by atoms with Crippen LogP contribution in [0.25, 0.3) is 0 Å². The van der Waals surface area contributed by atoms with Crippen LogP contribution in [0, 0.1) is 5.92 Å². The molecule has 96 valence electrons. The van der Waals surface area contributed by atoms with E-state index in [1.165, 1.54) is 0 Å². The molecule has 0 aliphatic carbocycles. The summed E-state index contributed by atoms with van der Waals surface area (Å²) in [5.74, 6) is -0.989. The first-order chi connectivity index (χ1) is 8.08. The maximum absolute atomic E-state index is 11.6. The summed E-state index contributed by atoms with van der Waals surface area (Å²) in [7, 11) is 0. The summed E-state index contributed by atoms with van der Waals surface area (Å²) in [5, 5.41) is 14.8. The van der Waals surface area contributed by atoms with Crippen molar-refractivity contribution >= 4 is 17.6 Å². The van der Waals surface area contributed by atoms with Crippen LogP contribution < -0.4 is 5.32 Å². The number of carbonyl (C=O) groups excluding carboxylic acids is 1. The van der Waals surface area contributed by atoms with E-state index in [2.05, 4.69) is 24.3 Å². The number of amides is 1. The number of hydrogen-bond donors (Lipinski definition) is 2. The van der Waals surface area contributed by atoms with Crippen molar-refractivity contribution < 1.29 is 19.5 Å². The van der Waals surface area contributed by atoms with Crippen LogP contribution in [0.15, 0.2) is 5.16 Å². The summed E-state index contributed by atoms with van der Waals surface area (Å²) in [6, 6.07) is 0. The number of aliphatic carboxylic acids is 1. The van der Waals surface area contributed by atoms with Crippen molar-refractivity contribution in [1.29, 1.82) is 0 Å². The number of carboxylic acid groups (broad SMARTS) is 1. The molecule has 1 aliphatic heterocycles. The van der Waals surface area contributed by atoms with E-state index in [1.54, 1.807) is 0 Å². The first-order valence-corrected chi connectivity index (χ1v) is 5.82. The Morgan fingerprint density at radius 2 is 2.18 bits per heavy atom. The van der Waals surface area contributed by atoms with Gasteiger partial charge in [-0.1, -0.05) is 31.8 Å². The van der Waals surface area contributed by atoms with Gasteiger partial charge in [-0.3, -0.25) is 4.79 Å². The highest BCUT2D eigenvalue weighted by Gasteiger charge is 2.31. The third-order valence-corrected chi connectivity index (χ3v) is 2.93. The highest BCUT2D eigenvalue weighted by atomic mass is 16.6. The molecule has 1 amide bonds. The van der Waals surface area contributed by atoms with Crippen molar-refractivity contribution in [2.45, 2.75) is 39.2 Å². The van der Waals surface area contributed by atoms with Crippen LogP contribution >= 0.6 is 0 Å². The summed E-state index contributed by atoms with van der Waals surface area (Å²) in [6.07, 6.45) is 1.23. The maximum Gasteiger partial charge on any atom is 0.353 e. The van der Waals surface area contributed by atoms with Gasteiger partial charge in [0, 0.05) is 13.0 Å². The quantitative estimate of drug-likeness (QED) is 0.720. The molecule has 1 rings (SSSR count). The highest BCUT2D eigenvalue weighted by Crippen LogP contribution is 2.11. The fourth-order valence-corrected chi connectivity index (χ4v) is 1.58. The minimum atomic E-state index is -1.14. The van der Waals surface area contributed by atoms with E-state index in [9.17, 15) is 9.59 Å². The topological polar surface area (TPSA) is 88.0 Å². The minimum absolute atomic E-state index is 0.0318. The second kappa shape index (κ2) is 6.22. The number of nitrogens with one attached hydrogen (secondary N) is 1. The van der Waals surface area contributed by atoms with Crippen LogP contribution in [-0.4, -0.2) is 35.3 Å². The molecule has 2 N–H and O–H groups in total. The zero-order chi connectivity index (χ0) is 12.8. The van der Waals surface area contributed by atoms with Crippen LogP contribution in [0.3, 0.4) is 0 Å². The Hall–Kier alpha value is -1.59. The van der Waals surface area contributed by atoms with Gasteiger partial charge in [-0.15, -0.1) is 0 Å². The van der Waals surface area contributed by atoms with Crippen molar-refractivity contribution in [2.75, 3.05) is 6.54 Å². The van der Waals surface area contributed by atoms with Crippen LogP contribution in [0.5, 0.6) is 0 Å². The molecule has 0 aromatic rings. The largest absolute Gasteiger partial charge is 0.477 e. The summed E-state index contributed by atoms with van der Waals surface area (Å²) in [6.45, 7) is 4.73. The van der Waals surface area contributed by atoms with E-state index in [4.69, 9.17) is 9.94 Å². The Balaban J connectivity index is 2.34. The molecule has 6 heteroatoms. The summed E-state index contributed by atoms with van der Waals surface area (Å²) in [4.78, 5) is 27.0. The Morgan fingerprint density at radius 1 is 1.53 bits per heavy atom. The molecule has 1 aliphatic rings. The zero-order valence-corrected chi connectivity index (χ0v) is 10.1. The average Bonchev–Trinajstić information content (AvgIpc) is 2.79. The molecular weight excluding hydrogens is 224 g/mol. The van der Waals surface area contributed by atoms with Gasteiger partial charge in [0.05, 0.1) is 0 Å². The molecule has 6 nitrogen and oxygen atoms in total. The maximum atomic E-state index is 11.6. The van der Waals surface area contributed by atoms with Crippen LogP contribution in [-0.2, 0) is 14.4 Å². The lowest BCUT2D eigenvalue weighted by Crippen LogP contribution is -2.37. The van der Waals surface area contributed by atoms with Gasteiger partial charge in [0.1, 0.15) is 0 Å². The molecule has 1 heterocycles. The Morgan fingerprint density at radius 3 is 2.65 bits per heavy atom. The molecule has 0 saturated carbocycles. The normalized spacial score (nSPS) is 18.8. The molecule has 0 saturated heterocycles. The minimum Gasteiger partial charge on any atom is -0.477 e. The van der Waals surface area contributed by atoms with Gasteiger partial charge in [-0.05, 0) is 5.92 Å². The lowest BCUT2D eigenvalue weighted by Gasteiger charge is -2.14. The number of carbonyl (C=O) groups is 2. The average molecular weight is 242 g/mol. The van der Waals surface area contributed by atoms with E-state index in [1.807, 2.05) is 0 Å². The van der Waals surface area contributed by atoms with Gasteiger partial charge in [-0.2, -0.15) is 0 Å². The molecular formula is C11H18N2O4. The predicted octanol–water partition coefficient (Wildman–Crippen LogP) is 0.768. The molecule has 1 atom stereocenters. The molecule has 17 heavy (non-hydrogen) atoms. The van der Waals surface area contributed by atoms with E-state index >= 15 is 0 Å². The van der Waals surface area contributed by atoms with Crippen LogP contribution in [0.2, 0.25) is 0 Å². The third kappa shape index (κ3) is 3.72. The number of nitrogens with zero attached hydrogens (tertiary/aromatic N) is 1. The fraction of sp³-hybridized carbons (Fsp3) is 0.727. The molecule has 0 aromatic carbocycles. The van der Waals surface area contributed by atoms with Gasteiger partial charge in [0.15, 0.2) is 5.71 Å². The Kier molecular flexibility index (Phi) is 4.93. The van der Waals surface area contributed by atoms with E-state index < -0.39 is 12.1 Å². The summed E-state index contributed by atoms with van der Waals surface area (Å²) < 4.78 is 0. The summed E-state index contributed by atoms with van der Waals surface area (Å²) in [5.41, 5.74) is -0.104. The van der Waals surface area contributed by atoms with Gasteiger partial charge >= 0.3 is 5.97 Å². The Bertz CT molecular complexity index is 323. The number of carboxylic acids is 1. The molecule has 0 fully saturated rings. The van der Waals surface area contributed by atoms with E-state index in [0.29, 0.717) is 12.5 Å². The lowest BCUT2D eigenvalue weighted by molar-refractivity contribution is -0.131. The molecule has 0 aromatic heterocycles. The predicted molar refractivity (Wildman–Crippen MR) is 61.6 cm³/mol. The Labute approximate surface area is 100 Å². The fourth-order valence-electron chi connectivity index (χ4n) is 1.58. The number of hydrogen-bond acceptors (Lipinski definition) is 4. The zero-order valence-electron chi connectivity index (χ0n) is 10.1. The standard InChI is InChI=1S/C11H18N2O4/c1-3-7(4-2)6-12-10(14)9-5-8(11(15)16)13-17-9/h7,9H,3-6H2,1-2H3,(H,12,14)(H,15,16). The molecule has 0 radical (unpaired) electrons. The molecule has 0 spiro atoms. The molecule has 0 bridgehead atoms. The number of oxime groups is 1. The van der Waals surface area contributed by atoms with Gasteiger partial charge < -0.3 is 15.3 Å². The second-order valence-corrected chi connectivity index (χ2v) is 4.07. The van der Waals surface area contributed by atoms with E-state index in [0.717, 1.165) is 12.8 Å². The SMILES string of the molecule is CCC(CC)CNC(=O)C1CC(C(=O)O)=NO1. The van der Waals surface area contributed by atoms with Crippen LogP contribution in [0.1, 0.15) is 33.1 Å². The van der Waals surface area contributed by atoms with Crippen molar-refractivity contribution in [1.82, 2.24) is 5.32 Å². The lowest BCUT2D eigenvalue weighted by atomic mass is 10.0. The summed E-state index contributed by atoms with van der Waals surface area (Å²) >= 11 is 0. The highest BCUT2D eigenvalue weighted by molar-refractivity contribution is 6.36. The van der Waals surface area contributed by atoms with E-state index in [-0.39, 0.29) is 18.0 Å². The first-order valence-electron chi connectivity index (χ1n) is 5.82. The smallest absolute Gasteiger partial charge is 0.353 e. The first kappa shape index (κ1) is 13.5. The number of rotatable bonds is 6. The third-order valence-electron chi connectivity index (χ3n) is 2.93. The van der Waals surface area contributed by atoms with Gasteiger partial charge in [-0.25, -0.2) is 4.79 Å². The van der Waals surface area contributed by atoms with Crippen molar-refractivity contribution in [3.63, 3.8) is 0 Å². The molecule has 1 unspecified atom stereocenters. The monoisotopic (exact) mass is 242 g/mol. The van der Waals surface area contributed by atoms with Gasteiger partial charge in [0.2, 0.25) is 6.10 Å². The van der Waals surface area contributed by atoms with Gasteiger partial charge in [0.25, 0.3) is 5.91 Å². The van der Waals surface area contributed by atoms with Crippen molar-refractivity contribution in [2.24, 2.45) is 11.1 Å². The van der Waals surface area contributed by atoms with Crippen molar-refractivity contribution in [3.05, 3.63) is 0 Å². The van der Waals surface area contributed by atoms with Crippen molar-refractivity contribution in [3.8, 4) is 0 Å².